The maximum Gasteiger partial charge on any atom is 0.0855 e. The molecule has 5 nitrogen and oxygen atoms in total. The molecule has 0 radical (unpaired) electrons. The molecular formula is C12H22N4O. The largest absolute Gasteiger partial charge is 0.389 e. The molecule has 1 aromatic heterocycles. The van der Waals surface area contributed by atoms with Crippen molar-refractivity contribution in [3.8, 4) is 0 Å². The van der Waals surface area contributed by atoms with E-state index in [0.717, 1.165) is 31.6 Å². The van der Waals surface area contributed by atoms with Crippen LogP contribution in [0, 0.1) is 0 Å². The van der Waals surface area contributed by atoms with Gasteiger partial charge in [0, 0.05) is 38.8 Å². The van der Waals surface area contributed by atoms with Gasteiger partial charge in [-0.1, -0.05) is 5.21 Å². The molecule has 0 spiro atoms. The summed E-state index contributed by atoms with van der Waals surface area (Å²) in [6.45, 7) is 6.34. The van der Waals surface area contributed by atoms with Crippen molar-refractivity contribution >= 4 is 0 Å². The lowest BCUT2D eigenvalue weighted by atomic mass is 9.87. The van der Waals surface area contributed by atoms with Crippen molar-refractivity contribution in [2.45, 2.75) is 44.8 Å². The number of aliphatic hydroxyl groups is 1. The Morgan fingerprint density at radius 2 is 2.06 bits per heavy atom. The molecule has 0 aliphatic carbocycles. The summed E-state index contributed by atoms with van der Waals surface area (Å²) in [5.41, 5.74) is 0.287. The quantitative estimate of drug-likeness (QED) is 0.837. The van der Waals surface area contributed by atoms with E-state index in [2.05, 4.69) is 29.1 Å². The molecular weight excluding hydrogens is 216 g/mol. The second-order valence-corrected chi connectivity index (χ2v) is 5.41. The monoisotopic (exact) mass is 238 g/mol. The Morgan fingerprint density at radius 1 is 1.41 bits per heavy atom. The van der Waals surface area contributed by atoms with Crippen LogP contribution in [0.3, 0.4) is 0 Å². The molecule has 1 aliphatic heterocycles. The first-order valence-corrected chi connectivity index (χ1v) is 6.30. The normalized spacial score (nSPS) is 21.0. The van der Waals surface area contributed by atoms with Gasteiger partial charge < -0.3 is 10.0 Å². The van der Waals surface area contributed by atoms with Gasteiger partial charge in [0.25, 0.3) is 0 Å². The van der Waals surface area contributed by atoms with Gasteiger partial charge in [0.15, 0.2) is 0 Å². The number of rotatable bonds is 3. The summed E-state index contributed by atoms with van der Waals surface area (Å²) in [7, 11) is 1.85. The lowest BCUT2D eigenvalue weighted by molar-refractivity contribution is -0.0277. The standard InChI is InChI=1S/C12H22N4O/c1-10(2)16-6-4-12(17,5-7-16)8-11-9-15(3)14-13-11/h9-10,17H,4-8H2,1-3H3. The molecule has 2 heterocycles. The first-order valence-electron chi connectivity index (χ1n) is 6.30. The van der Waals surface area contributed by atoms with Crippen molar-refractivity contribution in [3.05, 3.63) is 11.9 Å². The number of hydrogen-bond donors (Lipinski definition) is 1. The summed E-state index contributed by atoms with van der Waals surface area (Å²) in [5.74, 6) is 0. The van der Waals surface area contributed by atoms with Gasteiger partial charge in [0.05, 0.1) is 11.3 Å². The maximum atomic E-state index is 10.5. The molecule has 1 N–H and O–H groups in total. The topological polar surface area (TPSA) is 54.2 Å². The van der Waals surface area contributed by atoms with Crippen LogP contribution >= 0.6 is 0 Å². The van der Waals surface area contributed by atoms with E-state index in [0.29, 0.717) is 12.5 Å². The van der Waals surface area contributed by atoms with Crippen molar-refractivity contribution in [1.29, 1.82) is 0 Å². The van der Waals surface area contributed by atoms with Crippen molar-refractivity contribution in [1.82, 2.24) is 19.9 Å². The van der Waals surface area contributed by atoms with E-state index in [1.165, 1.54) is 0 Å². The lowest BCUT2D eigenvalue weighted by Gasteiger charge is -2.39. The van der Waals surface area contributed by atoms with Crippen LogP contribution in [0.1, 0.15) is 32.4 Å². The molecule has 0 bridgehead atoms. The minimum atomic E-state index is -0.596. The van der Waals surface area contributed by atoms with Gasteiger partial charge in [0.1, 0.15) is 0 Å². The van der Waals surface area contributed by atoms with Crippen molar-refractivity contribution in [2.75, 3.05) is 13.1 Å². The van der Waals surface area contributed by atoms with E-state index in [1.807, 2.05) is 13.2 Å². The van der Waals surface area contributed by atoms with Gasteiger partial charge >= 0.3 is 0 Å². The molecule has 1 aromatic rings. The lowest BCUT2D eigenvalue weighted by Crippen LogP contribution is -2.47. The fourth-order valence-corrected chi connectivity index (χ4v) is 2.45. The molecule has 1 aliphatic rings. The Morgan fingerprint density at radius 3 is 2.53 bits per heavy atom. The fraction of sp³-hybridized carbons (Fsp3) is 0.833. The predicted octanol–water partition coefficient (Wildman–Crippen LogP) is 0.593. The third-order valence-electron chi connectivity index (χ3n) is 3.62. The van der Waals surface area contributed by atoms with E-state index < -0.39 is 5.60 Å². The molecule has 1 saturated heterocycles. The van der Waals surface area contributed by atoms with E-state index >= 15 is 0 Å². The summed E-state index contributed by atoms with van der Waals surface area (Å²) in [6.07, 6.45) is 4.14. The molecule has 0 amide bonds. The van der Waals surface area contributed by atoms with Crippen LogP contribution in [0.5, 0.6) is 0 Å². The van der Waals surface area contributed by atoms with Crippen LogP contribution in [-0.2, 0) is 13.5 Å². The van der Waals surface area contributed by atoms with Crippen LogP contribution in [0.4, 0.5) is 0 Å². The van der Waals surface area contributed by atoms with Crippen LogP contribution in [0.25, 0.3) is 0 Å². The van der Waals surface area contributed by atoms with Gasteiger partial charge in [-0.05, 0) is 26.7 Å². The minimum absolute atomic E-state index is 0.566. The zero-order valence-corrected chi connectivity index (χ0v) is 10.9. The Hall–Kier alpha value is -0.940. The van der Waals surface area contributed by atoms with Crippen LogP contribution in [-0.4, -0.2) is 49.7 Å². The molecule has 0 saturated carbocycles. The van der Waals surface area contributed by atoms with Crippen molar-refractivity contribution < 1.29 is 5.11 Å². The highest BCUT2D eigenvalue weighted by Crippen LogP contribution is 2.26. The fourth-order valence-electron chi connectivity index (χ4n) is 2.45. The van der Waals surface area contributed by atoms with Gasteiger partial charge in [-0.25, -0.2) is 0 Å². The first kappa shape index (κ1) is 12.5. The third kappa shape index (κ3) is 3.04. The molecule has 17 heavy (non-hydrogen) atoms. The zero-order valence-electron chi connectivity index (χ0n) is 10.9. The Labute approximate surface area is 102 Å². The molecule has 5 heteroatoms. The average Bonchev–Trinajstić information content (AvgIpc) is 2.63. The summed E-state index contributed by atoms with van der Waals surface area (Å²) >= 11 is 0. The number of piperidine rings is 1. The Kier molecular flexibility index (Phi) is 3.49. The summed E-state index contributed by atoms with van der Waals surface area (Å²) < 4.78 is 1.68. The van der Waals surface area contributed by atoms with Crippen molar-refractivity contribution in [3.63, 3.8) is 0 Å². The van der Waals surface area contributed by atoms with Gasteiger partial charge in [0.2, 0.25) is 0 Å². The molecule has 96 valence electrons. The molecule has 1 fully saturated rings. The van der Waals surface area contributed by atoms with Gasteiger partial charge in [-0.3, -0.25) is 4.68 Å². The van der Waals surface area contributed by atoms with Crippen molar-refractivity contribution in [2.24, 2.45) is 7.05 Å². The van der Waals surface area contributed by atoms with E-state index in [4.69, 9.17) is 0 Å². The number of nitrogens with zero attached hydrogens (tertiary/aromatic N) is 4. The second-order valence-electron chi connectivity index (χ2n) is 5.41. The van der Waals surface area contributed by atoms with Crippen LogP contribution < -0.4 is 0 Å². The smallest absolute Gasteiger partial charge is 0.0855 e. The summed E-state index contributed by atoms with van der Waals surface area (Å²) in [6, 6.07) is 0.566. The zero-order chi connectivity index (χ0) is 12.5. The summed E-state index contributed by atoms with van der Waals surface area (Å²) in [5, 5.41) is 18.5. The van der Waals surface area contributed by atoms with E-state index in [-0.39, 0.29) is 0 Å². The third-order valence-corrected chi connectivity index (χ3v) is 3.62. The molecule has 2 rings (SSSR count). The maximum absolute atomic E-state index is 10.5. The second kappa shape index (κ2) is 4.74. The van der Waals surface area contributed by atoms with E-state index in [1.54, 1.807) is 4.68 Å². The number of aryl methyl sites for hydroxylation is 1. The Balaban J connectivity index is 1.93. The highest BCUT2D eigenvalue weighted by molar-refractivity contribution is 5.01. The Bertz CT molecular complexity index is 366. The summed E-state index contributed by atoms with van der Waals surface area (Å²) in [4.78, 5) is 2.41. The predicted molar refractivity (Wildman–Crippen MR) is 65.6 cm³/mol. The number of likely N-dealkylation sites (tertiary alicyclic amines) is 1. The molecule has 0 atom stereocenters. The van der Waals surface area contributed by atoms with Crippen LogP contribution in [0.2, 0.25) is 0 Å². The van der Waals surface area contributed by atoms with Gasteiger partial charge in [-0.15, -0.1) is 5.10 Å². The van der Waals surface area contributed by atoms with E-state index in [9.17, 15) is 5.11 Å². The number of aromatic nitrogens is 3. The average molecular weight is 238 g/mol. The molecule has 0 aromatic carbocycles. The van der Waals surface area contributed by atoms with Crippen LogP contribution in [0.15, 0.2) is 6.20 Å². The first-order chi connectivity index (χ1) is 7.98. The van der Waals surface area contributed by atoms with Gasteiger partial charge in [-0.2, -0.15) is 0 Å². The number of hydrogen-bond acceptors (Lipinski definition) is 4. The molecule has 0 unspecified atom stereocenters. The minimum Gasteiger partial charge on any atom is -0.389 e. The SMILES string of the molecule is CC(C)N1CCC(O)(Cc2cn(C)nn2)CC1. The highest BCUT2D eigenvalue weighted by Gasteiger charge is 2.33. The highest BCUT2D eigenvalue weighted by atomic mass is 16.3.